The third kappa shape index (κ3) is 2.31. The van der Waals surface area contributed by atoms with Crippen LogP contribution in [0.3, 0.4) is 0 Å². The lowest BCUT2D eigenvalue weighted by Gasteiger charge is -1.98. The highest BCUT2D eigenvalue weighted by Crippen LogP contribution is 2.37. The molecule has 0 aliphatic rings. The van der Waals surface area contributed by atoms with Gasteiger partial charge in [-0.1, -0.05) is 35.2 Å². The Hall–Kier alpha value is -1.60. The number of nitro groups is 1. The molecule has 0 radical (unpaired) electrons. The summed E-state index contributed by atoms with van der Waals surface area (Å²) in [5, 5.41) is 11.2. The van der Waals surface area contributed by atoms with Gasteiger partial charge in [-0.05, 0) is 6.07 Å². The second-order valence-corrected chi connectivity index (χ2v) is 5.25. The number of para-hydroxylation sites is 1. The number of anilines is 1. The van der Waals surface area contributed by atoms with Crippen LogP contribution in [0.15, 0.2) is 39.6 Å². The molecule has 2 rings (SSSR count). The second-order valence-electron chi connectivity index (χ2n) is 2.84. The van der Waals surface area contributed by atoms with E-state index in [1.54, 1.807) is 24.4 Å². The van der Waals surface area contributed by atoms with Crippen LogP contribution < -0.4 is 5.73 Å². The van der Waals surface area contributed by atoms with Gasteiger partial charge in [0.15, 0.2) is 5.13 Å². The number of nitro benzene ring substituents is 1. The van der Waals surface area contributed by atoms with E-state index in [1.807, 2.05) is 0 Å². The third-order valence-corrected chi connectivity index (χ3v) is 3.77. The lowest BCUT2D eigenvalue weighted by atomic mass is 10.3. The minimum absolute atomic E-state index is 0.0967. The molecule has 0 fully saturated rings. The van der Waals surface area contributed by atoms with Crippen molar-refractivity contribution < 1.29 is 4.92 Å². The van der Waals surface area contributed by atoms with Gasteiger partial charge in [-0.3, -0.25) is 10.1 Å². The predicted molar refractivity (Wildman–Crippen MR) is 63.7 cm³/mol. The van der Waals surface area contributed by atoms with Crippen LogP contribution in [0.4, 0.5) is 10.8 Å². The molecule has 2 N–H and O–H groups in total. The van der Waals surface area contributed by atoms with E-state index in [2.05, 4.69) is 4.98 Å². The zero-order chi connectivity index (χ0) is 11.5. The van der Waals surface area contributed by atoms with E-state index in [9.17, 15) is 10.1 Å². The molecule has 1 aromatic heterocycles. The fourth-order valence-corrected chi connectivity index (χ4v) is 2.95. The second kappa shape index (κ2) is 4.50. The zero-order valence-electron chi connectivity index (χ0n) is 7.99. The van der Waals surface area contributed by atoms with Gasteiger partial charge in [-0.25, -0.2) is 4.98 Å². The molecule has 0 aliphatic heterocycles. The average Bonchev–Trinajstić information content (AvgIpc) is 2.64. The standard InChI is InChI=1S/C9H7N3O2S2/c10-9-11-5-8(16-9)15-7-4-2-1-3-6(7)12(13)14/h1-5H,(H2,10,11). The summed E-state index contributed by atoms with van der Waals surface area (Å²) in [6, 6.07) is 6.59. The minimum atomic E-state index is -0.396. The maximum atomic E-state index is 10.8. The van der Waals surface area contributed by atoms with Crippen LogP contribution >= 0.6 is 23.1 Å². The van der Waals surface area contributed by atoms with Crippen molar-refractivity contribution in [1.82, 2.24) is 4.98 Å². The summed E-state index contributed by atoms with van der Waals surface area (Å²) in [6.45, 7) is 0. The molecule has 0 spiro atoms. The van der Waals surface area contributed by atoms with Gasteiger partial charge >= 0.3 is 0 Å². The van der Waals surface area contributed by atoms with Gasteiger partial charge < -0.3 is 5.73 Å². The first-order chi connectivity index (χ1) is 7.66. The first-order valence-electron chi connectivity index (χ1n) is 4.29. The molecule has 82 valence electrons. The molecule has 0 bridgehead atoms. The van der Waals surface area contributed by atoms with Crippen LogP contribution in [0.2, 0.25) is 0 Å². The smallest absolute Gasteiger partial charge is 0.283 e. The number of benzene rings is 1. The third-order valence-electron chi connectivity index (χ3n) is 1.77. The summed E-state index contributed by atoms with van der Waals surface area (Å²) in [4.78, 5) is 14.9. The molecule has 1 heterocycles. The van der Waals surface area contributed by atoms with Crippen LogP contribution in [0, 0.1) is 10.1 Å². The first-order valence-corrected chi connectivity index (χ1v) is 5.92. The Morgan fingerprint density at radius 3 is 2.81 bits per heavy atom. The lowest BCUT2D eigenvalue weighted by Crippen LogP contribution is -1.89. The molecule has 7 heteroatoms. The SMILES string of the molecule is Nc1ncc(Sc2ccccc2[N+](=O)[O-])s1. The van der Waals surface area contributed by atoms with Crippen LogP contribution in [0.1, 0.15) is 0 Å². The van der Waals surface area contributed by atoms with Gasteiger partial charge in [0.2, 0.25) is 0 Å². The predicted octanol–water partition coefficient (Wildman–Crippen LogP) is 2.78. The molecular weight excluding hydrogens is 246 g/mol. The molecule has 0 atom stereocenters. The topological polar surface area (TPSA) is 82.0 Å². The van der Waals surface area contributed by atoms with Gasteiger partial charge in [-0.2, -0.15) is 0 Å². The largest absolute Gasteiger partial charge is 0.375 e. The fourth-order valence-electron chi connectivity index (χ4n) is 1.12. The number of nitrogen functional groups attached to an aromatic ring is 1. The quantitative estimate of drug-likeness (QED) is 0.671. The van der Waals surface area contributed by atoms with Crippen LogP contribution in [0.25, 0.3) is 0 Å². The highest BCUT2D eigenvalue weighted by molar-refractivity contribution is 8.01. The summed E-state index contributed by atoms with van der Waals surface area (Å²) in [5.41, 5.74) is 5.59. The van der Waals surface area contributed by atoms with Gasteiger partial charge in [0, 0.05) is 6.07 Å². The summed E-state index contributed by atoms with van der Waals surface area (Å²) in [7, 11) is 0. The minimum Gasteiger partial charge on any atom is -0.375 e. The maximum absolute atomic E-state index is 10.8. The Morgan fingerprint density at radius 1 is 1.44 bits per heavy atom. The Labute approximate surface area is 99.5 Å². The molecule has 0 aliphatic carbocycles. The van der Waals surface area contributed by atoms with Crippen molar-refractivity contribution in [2.24, 2.45) is 0 Å². The highest BCUT2D eigenvalue weighted by atomic mass is 32.2. The first kappa shape index (κ1) is 10.9. The number of nitrogens with two attached hydrogens (primary N) is 1. The number of rotatable bonds is 3. The summed E-state index contributed by atoms with van der Waals surface area (Å²) in [6.07, 6.45) is 1.61. The van der Waals surface area contributed by atoms with Crippen molar-refractivity contribution in [1.29, 1.82) is 0 Å². The van der Waals surface area contributed by atoms with Crippen LogP contribution in [0.5, 0.6) is 0 Å². The average molecular weight is 253 g/mol. The van der Waals surface area contributed by atoms with E-state index >= 15 is 0 Å². The molecule has 16 heavy (non-hydrogen) atoms. The summed E-state index contributed by atoms with van der Waals surface area (Å²) in [5.74, 6) is 0. The fraction of sp³-hybridized carbons (Fsp3) is 0. The molecule has 2 aromatic rings. The molecule has 1 aromatic carbocycles. The summed E-state index contributed by atoms with van der Waals surface area (Å²) >= 11 is 2.61. The van der Waals surface area contributed by atoms with Crippen LogP contribution in [-0.2, 0) is 0 Å². The molecule has 0 unspecified atom stereocenters. The number of aromatic nitrogens is 1. The molecule has 0 saturated carbocycles. The molecule has 0 saturated heterocycles. The van der Waals surface area contributed by atoms with Crippen molar-refractivity contribution in [3.63, 3.8) is 0 Å². The summed E-state index contributed by atoms with van der Waals surface area (Å²) < 4.78 is 0.840. The Kier molecular flexibility index (Phi) is 3.07. The zero-order valence-corrected chi connectivity index (χ0v) is 9.62. The van der Waals surface area contributed by atoms with Crippen molar-refractivity contribution in [2.75, 3.05) is 5.73 Å². The molecular formula is C9H7N3O2S2. The maximum Gasteiger partial charge on any atom is 0.283 e. The monoisotopic (exact) mass is 253 g/mol. The van der Waals surface area contributed by atoms with E-state index in [0.717, 1.165) is 4.21 Å². The van der Waals surface area contributed by atoms with Gasteiger partial charge in [-0.15, -0.1) is 0 Å². The highest BCUT2D eigenvalue weighted by Gasteiger charge is 2.14. The van der Waals surface area contributed by atoms with Gasteiger partial charge in [0.05, 0.1) is 20.2 Å². The van der Waals surface area contributed by atoms with Gasteiger partial charge in [0.1, 0.15) is 0 Å². The van der Waals surface area contributed by atoms with Crippen LogP contribution in [-0.4, -0.2) is 9.91 Å². The number of hydrogen-bond donors (Lipinski definition) is 1. The van der Waals surface area contributed by atoms with E-state index in [1.165, 1.54) is 29.2 Å². The number of nitrogens with zero attached hydrogens (tertiary/aromatic N) is 2. The lowest BCUT2D eigenvalue weighted by molar-refractivity contribution is -0.387. The van der Waals surface area contributed by atoms with E-state index < -0.39 is 4.92 Å². The Bertz CT molecular complexity index is 527. The molecule has 5 nitrogen and oxygen atoms in total. The van der Waals surface area contributed by atoms with E-state index in [4.69, 9.17) is 5.73 Å². The normalized spacial score (nSPS) is 10.2. The van der Waals surface area contributed by atoms with E-state index in [-0.39, 0.29) is 5.69 Å². The number of thiazole rings is 1. The van der Waals surface area contributed by atoms with Crippen molar-refractivity contribution in [3.8, 4) is 0 Å². The van der Waals surface area contributed by atoms with E-state index in [0.29, 0.717) is 10.0 Å². The van der Waals surface area contributed by atoms with Gasteiger partial charge in [0.25, 0.3) is 5.69 Å². The Balaban J connectivity index is 2.31. The van der Waals surface area contributed by atoms with Crippen molar-refractivity contribution >= 4 is 33.9 Å². The number of hydrogen-bond acceptors (Lipinski definition) is 6. The molecule has 0 amide bonds. The Morgan fingerprint density at radius 2 is 2.19 bits per heavy atom. The van der Waals surface area contributed by atoms with Crippen molar-refractivity contribution in [3.05, 3.63) is 40.6 Å². The van der Waals surface area contributed by atoms with Crippen molar-refractivity contribution in [2.45, 2.75) is 9.10 Å².